The van der Waals surface area contributed by atoms with Crippen molar-refractivity contribution in [2.75, 3.05) is 30.8 Å². The molecule has 1 aliphatic carbocycles. The minimum absolute atomic E-state index is 0.0354. The predicted molar refractivity (Wildman–Crippen MR) is 123 cm³/mol. The Bertz CT molecular complexity index is 1480. The number of carbonyl (C=O) groups is 1. The zero-order valence-electron chi connectivity index (χ0n) is 20.9. The number of carbonyl (C=O) groups excluding carboxylic acids is 1. The molecular weight excluding hydrogens is 420 g/mol. The number of fused-ring (bicyclic) bond motifs is 2. The largest absolute Gasteiger partial charge is 0.381 e. The zero-order chi connectivity index (χ0) is 25.0. The third-order valence-corrected chi connectivity index (χ3v) is 6.44. The second-order valence-corrected chi connectivity index (χ2v) is 8.71. The van der Waals surface area contributed by atoms with Gasteiger partial charge in [-0.05, 0) is 36.5 Å². The quantitative estimate of drug-likeness (QED) is 0.479. The summed E-state index contributed by atoms with van der Waals surface area (Å²) < 4.78 is 30.0. The molecule has 2 fully saturated rings. The molecule has 6 rings (SSSR count). The van der Waals surface area contributed by atoms with E-state index in [1.807, 2.05) is 25.3 Å². The van der Waals surface area contributed by atoms with E-state index in [1.54, 1.807) is 10.6 Å². The Morgan fingerprint density at radius 3 is 3.03 bits per heavy atom. The molecule has 2 aliphatic rings. The second kappa shape index (κ2) is 7.73. The standard InChI is InChI=1S/C23H24N8O2/c1-12-7-15(12)23(32)26-18-8-16-17(9-25-22(24-2)20(16)29-28-18)21-27-19-4-3-13(10-31(19)30-21)14-5-6-33-11-14/h3-4,8-10,12,14-15H,5-7,11H2,1-2H3,(H,24,25)(H,26,28,32)/t12-,14+,15+/m1/s1/i2D3. The molecule has 1 saturated carbocycles. The van der Waals surface area contributed by atoms with Gasteiger partial charge in [-0.2, -0.15) is 0 Å². The topological polar surface area (TPSA) is 119 Å². The molecule has 3 atom stereocenters. The Morgan fingerprint density at radius 1 is 1.33 bits per heavy atom. The van der Waals surface area contributed by atoms with Crippen molar-refractivity contribution >= 4 is 34.1 Å². The highest BCUT2D eigenvalue weighted by Crippen LogP contribution is 2.38. The van der Waals surface area contributed by atoms with Gasteiger partial charge in [0.25, 0.3) is 0 Å². The van der Waals surface area contributed by atoms with E-state index in [-0.39, 0.29) is 29.0 Å². The van der Waals surface area contributed by atoms with E-state index in [4.69, 9.17) is 8.85 Å². The summed E-state index contributed by atoms with van der Waals surface area (Å²) in [4.78, 5) is 21.4. The Balaban J connectivity index is 1.43. The van der Waals surface area contributed by atoms with Crippen molar-refractivity contribution in [3.63, 3.8) is 0 Å². The van der Waals surface area contributed by atoms with Crippen molar-refractivity contribution in [1.82, 2.24) is 29.8 Å². The average molecular weight is 448 g/mol. The molecule has 0 aromatic carbocycles. The van der Waals surface area contributed by atoms with Crippen molar-refractivity contribution in [1.29, 1.82) is 0 Å². The van der Waals surface area contributed by atoms with Gasteiger partial charge in [-0.1, -0.05) is 13.0 Å². The molecule has 1 aliphatic heterocycles. The lowest BCUT2D eigenvalue weighted by Crippen LogP contribution is -2.16. The van der Waals surface area contributed by atoms with Gasteiger partial charge in [0.15, 0.2) is 23.1 Å². The van der Waals surface area contributed by atoms with E-state index in [9.17, 15) is 4.79 Å². The average Bonchev–Trinajstić information content (AvgIpc) is 3.22. The zero-order valence-corrected chi connectivity index (χ0v) is 17.9. The van der Waals surface area contributed by atoms with Crippen LogP contribution in [0.15, 0.2) is 30.6 Å². The molecule has 33 heavy (non-hydrogen) atoms. The van der Waals surface area contributed by atoms with Crippen LogP contribution in [0.4, 0.5) is 11.6 Å². The van der Waals surface area contributed by atoms with Crippen LogP contribution in [0.2, 0.25) is 0 Å². The Hall–Kier alpha value is -3.66. The summed E-state index contributed by atoms with van der Waals surface area (Å²) in [6.45, 7) is 0.985. The van der Waals surface area contributed by atoms with Crippen molar-refractivity contribution < 1.29 is 13.6 Å². The van der Waals surface area contributed by atoms with Crippen LogP contribution in [0.25, 0.3) is 27.9 Å². The van der Waals surface area contributed by atoms with Crippen molar-refractivity contribution in [3.05, 3.63) is 36.2 Å². The first-order valence-electron chi connectivity index (χ1n) is 12.4. The molecule has 10 heteroatoms. The summed E-state index contributed by atoms with van der Waals surface area (Å²) in [5.74, 6) is 1.25. The minimum Gasteiger partial charge on any atom is -0.381 e. The number of pyridine rings is 2. The van der Waals surface area contributed by atoms with Gasteiger partial charge in [-0.25, -0.2) is 14.5 Å². The molecule has 4 aromatic heterocycles. The number of hydrogen-bond acceptors (Lipinski definition) is 8. The van der Waals surface area contributed by atoms with E-state index in [0.717, 1.165) is 25.0 Å². The normalized spacial score (nSPS) is 23.8. The molecular formula is C23H24N8O2. The molecule has 0 unspecified atom stereocenters. The molecule has 4 aromatic rings. The second-order valence-electron chi connectivity index (χ2n) is 8.71. The molecule has 10 nitrogen and oxygen atoms in total. The van der Waals surface area contributed by atoms with Gasteiger partial charge in [0.1, 0.15) is 5.52 Å². The fourth-order valence-electron chi connectivity index (χ4n) is 4.32. The van der Waals surface area contributed by atoms with Crippen LogP contribution in [-0.2, 0) is 9.53 Å². The Labute approximate surface area is 194 Å². The highest BCUT2D eigenvalue weighted by atomic mass is 16.5. The fourth-order valence-corrected chi connectivity index (χ4v) is 4.32. The summed E-state index contributed by atoms with van der Waals surface area (Å²) in [6, 6.07) is 5.60. The van der Waals surface area contributed by atoms with Crippen LogP contribution >= 0.6 is 0 Å². The summed E-state index contributed by atoms with van der Waals surface area (Å²) in [6.07, 6.45) is 5.27. The highest BCUT2D eigenvalue weighted by molar-refractivity contribution is 6.01. The maximum Gasteiger partial charge on any atom is 0.228 e. The number of hydrogen-bond donors (Lipinski definition) is 2. The molecule has 0 bridgehead atoms. The number of ether oxygens (including phenoxy) is 1. The van der Waals surface area contributed by atoms with Crippen LogP contribution in [0.3, 0.4) is 0 Å². The fraction of sp³-hybridized carbons (Fsp3) is 0.391. The van der Waals surface area contributed by atoms with Crippen LogP contribution in [0.1, 0.15) is 35.4 Å². The van der Waals surface area contributed by atoms with Crippen LogP contribution in [0, 0.1) is 11.8 Å². The number of aromatic nitrogens is 6. The minimum atomic E-state index is -2.47. The molecule has 0 spiro atoms. The lowest BCUT2D eigenvalue weighted by atomic mass is 10.0. The number of anilines is 2. The highest BCUT2D eigenvalue weighted by Gasteiger charge is 2.39. The van der Waals surface area contributed by atoms with Gasteiger partial charge < -0.3 is 15.4 Å². The van der Waals surface area contributed by atoms with E-state index in [1.165, 1.54) is 6.20 Å². The lowest BCUT2D eigenvalue weighted by molar-refractivity contribution is -0.117. The maximum atomic E-state index is 12.5. The molecule has 5 heterocycles. The van der Waals surface area contributed by atoms with Crippen LogP contribution in [-0.4, -0.2) is 55.9 Å². The number of amides is 1. The molecule has 1 saturated heterocycles. The Kier molecular flexibility index (Phi) is 3.96. The van der Waals surface area contributed by atoms with Gasteiger partial charge in [-0.3, -0.25) is 4.79 Å². The van der Waals surface area contributed by atoms with Crippen LogP contribution < -0.4 is 10.6 Å². The predicted octanol–water partition coefficient (Wildman–Crippen LogP) is 2.87. The summed E-state index contributed by atoms with van der Waals surface area (Å²) in [5, 5.41) is 18.7. The van der Waals surface area contributed by atoms with Gasteiger partial charge in [0.05, 0.1) is 6.61 Å². The van der Waals surface area contributed by atoms with E-state index < -0.39 is 6.98 Å². The number of rotatable bonds is 5. The molecule has 168 valence electrons. The first-order chi connectivity index (χ1) is 17.2. The van der Waals surface area contributed by atoms with Gasteiger partial charge in [-0.15, -0.1) is 15.3 Å². The lowest BCUT2D eigenvalue weighted by Gasteiger charge is -2.09. The Morgan fingerprint density at radius 2 is 2.24 bits per heavy atom. The smallest absolute Gasteiger partial charge is 0.228 e. The van der Waals surface area contributed by atoms with E-state index in [0.29, 0.717) is 40.9 Å². The molecule has 0 radical (unpaired) electrons. The first kappa shape index (κ1) is 16.9. The van der Waals surface area contributed by atoms with E-state index >= 15 is 0 Å². The molecule has 2 N–H and O–H groups in total. The van der Waals surface area contributed by atoms with E-state index in [2.05, 4.69) is 35.9 Å². The maximum absolute atomic E-state index is 12.5. The van der Waals surface area contributed by atoms with Crippen molar-refractivity contribution in [2.24, 2.45) is 11.8 Å². The molecule has 1 amide bonds. The van der Waals surface area contributed by atoms with Crippen molar-refractivity contribution in [2.45, 2.75) is 25.7 Å². The summed E-state index contributed by atoms with van der Waals surface area (Å²) in [5.41, 5.74) is 2.57. The van der Waals surface area contributed by atoms with Gasteiger partial charge in [0.2, 0.25) is 5.91 Å². The summed E-state index contributed by atoms with van der Waals surface area (Å²) >= 11 is 0. The number of nitrogens with one attached hydrogen (secondary N) is 2. The monoisotopic (exact) mass is 447 g/mol. The van der Waals surface area contributed by atoms with Gasteiger partial charge in [0, 0.05) is 52.9 Å². The third-order valence-electron chi connectivity index (χ3n) is 6.44. The third kappa shape index (κ3) is 3.56. The van der Waals surface area contributed by atoms with Crippen molar-refractivity contribution in [3.8, 4) is 11.4 Å². The SMILES string of the molecule is [2H]C([2H])([2H])Nc1ncc(-c2nc3ccc([C@H]4CCOC4)cn3n2)c2cc(NC(=O)[C@H]3C[C@H]3C)nnc12. The number of nitrogens with zero attached hydrogens (tertiary/aromatic N) is 6. The van der Waals surface area contributed by atoms with Crippen LogP contribution in [0.5, 0.6) is 0 Å². The first-order valence-corrected chi connectivity index (χ1v) is 10.9. The van der Waals surface area contributed by atoms with Gasteiger partial charge >= 0.3 is 0 Å². The summed E-state index contributed by atoms with van der Waals surface area (Å²) in [7, 11) is 0.